The van der Waals surface area contributed by atoms with E-state index in [9.17, 15) is 14.4 Å². The van der Waals surface area contributed by atoms with E-state index in [4.69, 9.17) is 5.11 Å². The maximum Gasteiger partial charge on any atom is 0.329 e. The number of urea groups is 1. The number of hydrogen-bond acceptors (Lipinski definition) is 4. The molecule has 1 rings (SSSR count). The molecule has 1 aliphatic rings. The number of esters is 1. The highest BCUT2D eigenvalue weighted by Crippen LogP contribution is 2.29. The van der Waals surface area contributed by atoms with Crippen molar-refractivity contribution >= 4 is 18.0 Å². The molecule has 0 heterocycles. The lowest BCUT2D eigenvalue weighted by Crippen LogP contribution is -2.55. The minimum absolute atomic E-state index is 0.0595. The summed E-state index contributed by atoms with van der Waals surface area (Å²) in [6.07, 6.45) is 2.51. The van der Waals surface area contributed by atoms with Crippen LogP contribution in [0.4, 0.5) is 4.79 Å². The van der Waals surface area contributed by atoms with Crippen molar-refractivity contribution in [2.24, 2.45) is 0 Å². The first-order valence-corrected chi connectivity index (χ1v) is 5.86. The summed E-state index contributed by atoms with van der Waals surface area (Å²) in [5.74, 6) is -1.44. The van der Waals surface area contributed by atoms with Gasteiger partial charge in [0.05, 0.1) is 13.5 Å². The molecule has 1 aliphatic carbocycles. The second kappa shape index (κ2) is 6.23. The fourth-order valence-corrected chi connectivity index (χ4v) is 2.01. The van der Waals surface area contributed by atoms with Gasteiger partial charge in [0.15, 0.2) is 0 Å². The molecule has 1 fully saturated rings. The van der Waals surface area contributed by atoms with Crippen molar-refractivity contribution in [1.82, 2.24) is 10.6 Å². The van der Waals surface area contributed by atoms with E-state index < -0.39 is 23.5 Å². The summed E-state index contributed by atoms with van der Waals surface area (Å²) in [5, 5.41) is 14.1. The first-order valence-electron chi connectivity index (χ1n) is 5.86. The zero-order chi connectivity index (χ0) is 13.6. The second-order valence-corrected chi connectivity index (χ2v) is 4.30. The standard InChI is InChI=1S/C11H18N2O5/c1-18-8(14)4-7-12-10(17)13-11(9(15)16)5-2-3-6-11/h2-7H2,1H3,(H,15,16)(H2,12,13,17). The van der Waals surface area contributed by atoms with Gasteiger partial charge in [-0.2, -0.15) is 0 Å². The molecule has 7 heteroatoms. The van der Waals surface area contributed by atoms with E-state index in [0.29, 0.717) is 12.8 Å². The quantitative estimate of drug-likeness (QED) is 0.613. The third-order valence-corrected chi connectivity index (χ3v) is 3.06. The fraction of sp³-hybridized carbons (Fsp3) is 0.727. The van der Waals surface area contributed by atoms with E-state index >= 15 is 0 Å². The van der Waals surface area contributed by atoms with Crippen molar-refractivity contribution in [3.8, 4) is 0 Å². The number of carbonyl (C=O) groups is 3. The van der Waals surface area contributed by atoms with Crippen LogP contribution >= 0.6 is 0 Å². The number of hydrogen-bond donors (Lipinski definition) is 3. The van der Waals surface area contributed by atoms with Crippen LogP contribution < -0.4 is 10.6 Å². The highest BCUT2D eigenvalue weighted by molar-refractivity contribution is 5.86. The van der Waals surface area contributed by atoms with Gasteiger partial charge >= 0.3 is 18.0 Å². The summed E-state index contributed by atoms with van der Waals surface area (Å²) in [6, 6.07) is -0.566. The third kappa shape index (κ3) is 3.61. The number of aliphatic carboxylic acids is 1. The number of carbonyl (C=O) groups excluding carboxylic acids is 2. The summed E-state index contributed by atoms with van der Waals surface area (Å²) in [4.78, 5) is 33.5. The third-order valence-electron chi connectivity index (χ3n) is 3.06. The average Bonchev–Trinajstić information content (AvgIpc) is 2.78. The molecule has 0 aromatic heterocycles. The number of ether oxygens (including phenoxy) is 1. The number of amides is 2. The first kappa shape index (κ1) is 14.3. The Morgan fingerprint density at radius 3 is 2.39 bits per heavy atom. The lowest BCUT2D eigenvalue weighted by molar-refractivity contribution is -0.144. The summed E-state index contributed by atoms with van der Waals surface area (Å²) in [5.41, 5.74) is -1.16. The Labute approximate surface area is 105 Å². The highest BCUT2D eigenvalue weighted by atomic mass is 16.5. The highest BCUT2D eigenvalue weighted by Gasteiger charge is 2.42. The fourth-order valence-electron chi connectivity index (χ4n) is 2.01. The second-order valence-electron chi connectivity index (χ2n) is 4.30. The Bertz CT molecular complexity index is 336. The molecule has 0 unspecified atom stereocenters. The molecule has 7 nitrogen and oxygen atoms in total. The smallest absolute Gasteiger partial charge is 0.329 e. The Kier molecular flexibility index (Phi) is 4.94. The summed E-state index contributed by atoms with van der Waals surface area (Å²) in [7, 11) is 1.26. The molecule has 0 aromatic rings. The maximum atomic E-state index is 11.5. The summed E-state index contributed by atoms with van der Waals surface area (Å²) < 4.78 is 4.42. The number of nitrogens with one attached hydrogen (secondary N) is 2. The van der Waals surface area contributed by atoms with Gasteiger partial charge in [0.2, 0.25) is 0 Å². The van der Waals surface area contributed by atoms with Gasteiger partial charge in [-0.15, -0.1) is 0 Å². The van der Waals surface area contributed by atoms with Gasteiger partial charge in [-0.05, 0) is 12.8 Å². The van der Waals surface area contributed by atoms with Crippen molar-refractivity contribution in [2.45, 2.75) is 37.6 Å². The van der Waals surface area contributed by atoms with Crippen LogP contribution in [0.5, 0.6) is 0 Å². The maximum absolute atomic E-state index is 11.5. The van der Waals surface area contributed by atoms with E-state index in [1.54, 1.807) is 0 Å². The Morgan fingerprint density at radius 2 is 1.89 bits per heavy atom. The van der Waals surface area contributed by atoms with E-state index in [2.05, 4.69) is 15.4 Å². The minimum atomic E-state index is -1.16. The average molecular weight is 258 g/mol. The molecule has 0 atom stereocenters. The van der Waals surface area contributed by atoms with Crippen LogP contribution in [0.25, 0.3) is 0 Å². The van der Waals surface area contributed by atoms with Gasteiger partial charge in [-0.1, -0.05) is 12.8 Å². The van der Waals surface area contributed by atoms with Crippen LogP contribution in [0, 0.1) is 0 Å². The van der Waals surface area contributed by atoms with E-state index in [0.717, 1.165) is 12.8 Å². The molecule has 0 aromatic carbocycles. The predicted octanol–water partition coefficient (Wildman–Crippen LogP) is 0.246. The molecule has 0 aliphatic heterocycles. The molecular weight excluding hydrogens is 240 g/mol. The Balaban J connectivity index is 2.38. The number of carboxylic acid groups (broad SMARTS) is 1. The number of rotatable bonds is 5. The monoisotopic (exact) mass is 258 g/mol. The van der Waals surface area contributed by atoms with Crippen LogP contribution in [0.2, 0.25) is 0 Å². The van der Waals surface area contributed by atoms with Crippen LogP contribution in [0.1, 0.15) is 32.1 Å². The predicted molar refractivity (Wildman–Crippen MR) is 62.0 cm³/mol. The van der Waals surface area contributed by atoms with E-state index in [-0.39, 0.29) is 13.0 Å². The van der Waals surface area contributed by atoms with E-state index in [1.807, 2.05) is 0 Å². The molecule has 1 saturated carbocycles. The molecule has 0 saturated heterocycles. The van der Waals surface area contributed by atoms with Crippen LogP contribution in [-0.2, 0) is 14.3 Å². The lowest BCUT2D eigenvalue weighted by Gasteiger charge is -2.25. The molecule has 0 bridgehead atoms. The van der Waals surface area contributed by atoms with Crippen LogP contribution in [-0.4, -0.2) is 42.3 Å². The lowest BCUT2D eigenvalue weighted by atomic mass is 9.98. The molecule has 0 spiro atoms. The molecule has 102 valence electrons. The molecular formula is C11H18N2O5. The molecule has 2 amide bonds. The minimum Gasteiger partial charge on any atom is -0.480 e. The van der Waals surface area contributed by atoms with Crippen molar-refractivity contribution in [3.63, 3.8) is 0 Å². The van der Waals surface area contributed by atoms with Crippen LogP contribution in [0.15, 0.2) is 0 Å². The molecule has 18 heavy (non-hydrogen) atoms. The summed E-state index contributed by atoms with van der Waals surface area (Å²) in [6.45, 7) is 0.119. The van der Waals surface area contributed by atoms with Gasteiger partial charge in [0, 0.05) is 6.54 Å². The first-order chi connectivity index (χ1) is 8.50. The Morgan fingerprint density at radius 1 is 1.28 bits per heavy atom. The molecule has 0 radical (unpaired) electrons. The van der Waals surface area contributed by atoms with Gasteiger partial charge in [0.25, 0.3) is 0 Å². The molecule has 3 N–H and O–H groups in total. The topological polar surface area (TPSA) is 105 Å². The number of methoxy groups -OCH3 is 1. The van der Waals surface area contributed by atoms with Crippen molar-refractivity contribution < 1.29 is 24.2 Å². The Hall–Kier alpha value is -1.79. The van der Waals surface area contributed by atoms with Gasteiger partial charge in [-0.25, -0.2) is 9.59 Å². The van der Waals surface area contributed by atoms with Gasteiger partial charge in [0.1, 0.15) is 5.54 Å². The normalized spacial score (nSPS) is 16.9. The summed E-state index contributed by atoms with van der Waals surface area (Å²) >= 11 is 0. The van der Waals surface area contributed by atoms with Crippen LogP contribution in [0.3, 0.4) is 0 Å². The zero-order valence-corrected chi connectivity index (χ0v) is 10.3. The van der Waals surface area contributed by atoms with Gasteiger partial charge < -0.3 is 20.5 Å². The zero-order valence-electron chi connectivity index (χ0n) is 10.3. The van der Waals surface area contributed by atoms with Crippen molar-refractivity contribution in [1.29, 1.82) is 0 Å². The van der Waals surface area contributed by atoms with E-state index in [1.165, 1.54) is 7.11 Å². The van der Waals surface area contributed by atoms with Crippen molar-refractivity contribution in [2.75, 3.05) is 13.7 Å². The van der Waals surface area contributed by atoms with Crippen molar-refractivity contribution in [3.05, 3.63) is 0 Å². The number of carboxylic acids is 1. The SMILES string of the molecule is COC(=O)CCNC(=O)NC1(C(=O)O)CCCC1. The van der Waals surface area contributed by atoms with Gasteiger partial charge in [-0.3, -0.25) is 4.79 Å². The largest absolute Gasteiger partial charge is 0.480 e.